The Morgan fingerprint density at radius 2 is 2.12 bits per heavy atom. The first-order valence-corrected chi connectivity index (χ1v) is 11.6. The molecule has 1 unspecified atom stereocenters. The number of hydrogen-bond donors (Lipinski definition) is 1. The SMILES string of the molecule is COc1cc(/C=C(\C#N)C(=O)NCc2ccco2)ccc1OC(=O)CC1CCS(=O)(=O)C1. The van der Waals surface area contributed by atoms with Crippen LogP contribution in [-0.2, 0) is 26.0 Å². The van der Waals surface area contributed by atoms with Crippen molar-refractivity contribution in [1.82, 2.24) is 5.32 Å². The number of carbonyl (C=O) groups is 2. The third-order valence-electron chi connectivity index (χ3n) is 4.87. The number of nitrogens with one attached hydrogen (secondary N) is 1. The van der Waals surface area contributed by atoms with Crippen LogP contribution in [0.4, 0.5) is 0 Å². The lowest BCUT2D eigenvalue weighted by atomic mass is 10.1. The zero-order valence-corrected chi connectivity index (χ0v) is 18.2. The van der Waals surface area contributed by atoms with Crippen LogP contribution in [0.5, 0.6) is 11.5 Å². The Labute approximate surface area is 185 Å². The van der Waals surface area contributed by atoms with Crippen LogP contribution < -0.4 is 14.8 Å². The number of benzene rings is 1. The van der Waals surface area contributed by atoms with Gasteiger partial charge in [0.25, 0.3) is 5.91 Å². The van der Waals surface area contributed by atoms with Crippen LogP contribution in [0.1, 0.15) is 24.2 Å². The number of sulfone groups is 1. The van der Waals surface area contributed by atoms with E-state index in [9.17, 15) is 23.3 Å². The Balaban J connectivity index is 1.66. The fourth-order valence-corrected chi connectivity index (χ4v) is 5.14. The maximum atomic E-state index is 12.3. The smallest absolute Gasteiger partial charge is 0.311 e. The minimum absolute atomic E-state index is 0.00153. The second-order valence-corrected chi connectivity index (χ2v) is 9.52. The summed E-state index contributed by atoms with van der Waals surface area (Å²) in [6.07, 6.45) is 3.31. The molecule has 3 rings (SSSR count). The van der Waals surface area contributed by atoms with Gasteiger partial charge in [-0.1, -0.05) is 6.07 Å². The Bertz CT molecular complexity index is 1160. The molecule has 1 atom stereocenters. The minimum Gasteiger partial charge on any atom is -0.493 e. The summed E-state index contributed by atoms with van der Waals surface area (Å²) < 4.78 is 38.8. The van der Waals surface area contributed by atoms with E-state index in [0.29, 0.717) is 17.7 Å². The van der Waals surface area contributed by atoms with Crippen LogP contribution in [0.3, 0.4) is 0 Å². The van der Waals surface area contributed by atoms with Crippen LogP contribution >= 0.6 is 0 Å². The standard InChI is InChI=1S/C22H22N2O7S/c1-29-20-10-15(9-17(12-23)22(26)24-13-18-3-2-7-30-18)4-5-19(20)31-21(25)11-16-6-8-32(27,28)14-16/h2-5,7,9-10,16H,6,8,11,13-14H2,1H3,(H,24,26)/b17-9+. The normalized spacial score (nSPS) is 17.4. The Kier molecular flexibility index (Phi) is 7.33. The highest BCUT2D eigenvalue weighted by Gasteiger charge is 2.30. The van der Waals surface area contributed by atoms with E-state index in [4.69, 9.17) is 13.9 Å². The van der Waals surface area contributed by atoms with E-state index in [2.05, 4.69) is 5.32 Å². The maximum absolute atomic E-state index is 12.3. The van der Waals surface area contributed by atoms with Gasteiger partial charge in [0.2, 0.25) is 0 Å². The number of methoxy groups -OCH3 is 1. The first-order valence-electron chi connectivity index (χ1n) is 9.81. The average molecular weight is 458 g/mol. The molecular weight excluding hydrogens is 436 g/mol. The van der Waals surface area contributed by atoms with Crippen LogP contribution in [-0.4, -0.2) is 38.9 Å². The molecule has 1 N–H and O–H groups in total. The number of nitrogens with zero attached hydrogens (tertiary/aromatic N) is 1. The predicted molar refractivity (Wildman–Crippen MR) is 114 cm³/mol. The second kappa shape index (κ2) is 10.2. The van der Waals surface area contributed by atoms with Crippen molar-refractivity contribution in [3.63, 3.8) is 0 Å². The lowest BCUT2D eigenvalue weighted by Gasteiger charge is -2.12. The fourth-order valence-electron chi connectivity index (χ4n) is 3.28. The van der Waals surface area contributed by atoms with Crippen LogP contribution in [0, 0.1) is 17.2 Å². The van der Waals surface area contributed by atoms with E-state index in [1.807, 2.05) is 6.07 Å². The van der Waals surface area contributed by atoms with E-state index >= 15 is 0 Å². The van der Waals surface area contributed by atoms with Gasteiger partial charge in [-0.15, -0.1) is 0 Å². The van der Waals surface area contributed by atoms with E-state index in [1.165, 1.54) is 31.6 Å². The summed E-state index contributed by atoms with van der Waals surface area (Å²) in [5.74, 6) is -0.338. The molecule has 0 aliphatic carbocycles. The quantitative estimate of drug-likeness (QED) is 0.275. The molecule has 32 heavy (non-hydrogen) atoms. The number of ether oxygens (including phenoxy) is 2. The van der Waals surface area contributed by atoms with Gasteiger partial charge in [-0.2, -0.15) is 5.26 Å². The van der Waals surface area contributed by atoms with Crippen LogP contribution in [0.15, 0.2) is 46.6 Å². The molecular formula is C22H22N2O7S. The van der Waals surface area contributed by atoms with Crippen molar-refractivity contribution in [2.24, 2.45) is 5.92 Å². The first kappa shape index (κ1) is 23.1. The number of carbonyl (C=O) groups excluding carboxylic acids is 2. The Morgan fingerprint density at radius 3 is 2.75 bits per heavy atom. The van der Waals surface area contributed by atoms with Crippen molar-refractivity contribution in [1.29, 1.82) is 5.26 Å². The van der Waals surface area contributed by atoms with Gasteiger partial charge in [0, 0.05) is 6.42 Å². The number of hydrogen-bond acceptors (Lipinski definition) is 8. The molecule has 0 radical (unpaired) electrons. The van der Waals surface area contributed by atoms with Crippen molar-refractivity contribution in [2.45, 2.75) is 19.4 Å². The van der Waals surface area contributed by atoms with Gasteiger partial charge in [-0.25, -0.2) is 8.42 Å². The van der Waals surface area contributed by atoms with Crippen molar-refractivity contribution < 1.29 is 31.9 Å². The largest absolute Gasteiger partial charge is 0.493 e. The number of rotatable bonds is 8. The molecule has 0 saturated carbocycles. The summed E-state index contributed by atoms with van der Waals surface area (Å²) in [5.41, 5.74) is 0.374. The molecule has 10 heteroatoms. The van der Waals surface area contributed by atoms with E-state index < -0.39 is 21.7 Å². The third-order valence-corrected chi connectivity index (χ3v) is 6.71. The number of amides is 1. The summed E-state index contributed by atoms with van der Waals surface area (Å²) in [5, 5.41) is 11.9. The molecule has 1 aromatic heterocycles. The lowest BCUT2D eigenvalue weighted by molar-refractivity contribution is -0.135. The van der Waals surface area contributed by atoms with Gasteiger partial charge in [0.15, 0.2) is 21.3 Å². The summed E-state index contributed by atoms with van der Waals surface area (Å²) in [7, 11) is -1.68. The van der Waals surface area contributed by atoms with Gasteiger partial charge in [-0.3, -0.25) is 9.59 Å². The van der Waals surface area contributed by atoms with Gasteiger partial charge in [-0.05, 0) is 48.2 Å². The molecule has 1 amide bonds. The monoisotopic (exact) mass is 458 g/mol. The molecule has 2 aromatic rings. The molecule has 168 valence electrons. The molecule has 1 saturated heterocycles. The first-order chi connectivity index (χ1) is 15.3. The van der Waals surface area contributed by atoms with E-state index in [0.717, 1.165) is 0 Å². The topological polar surface area (TPSA) is 136 Å². The molecule has 1 fully saturated rings. The fraction of sp³-hybridized carbons (Fsp3) is 0.318. The minimum atomic E-state index is -3.07. The van der Waals surface area contributed by atoms with E-state index in [-0.39, 0.29) is 47.5 Å². The predicted octanol–water partition coefficient (Wildman–Crippen LogP) is 2.24. The molecule has 0 bridgehead atoms. The highest BCUT2D eigenvalue weighted by Crippen LogP contribution is 2.30. The highest BCUT2D eigenvalue weighted by atomic mass is 32.2. The van der Waals surface area contributed by atoms with Gasteiger partial charge < -0.3 is 19.2 Å². The maximum Gasteiger partial charge on any atom is 0.311 e. The number of esters is 1. The molecule has 1 aliphatic rings. The zero-order chi connectivity index (χ0) is 23.1. The van der Waals surface area contributed by atoms with Gasteiger partial charge >= 0.3 is 5.97 Å². The molecule has 9 nitrogen and oxygen atoms in total. The third kappa shape index (κ3) is 6.21. The van der Waals surface area contributed by atoms with Gasteiger partial charge in [0.1, 0.15) is 17.4 Å². The zero-order valence-electron chi connectivity index (χ0n) is 17.4. The van der Waals surface area contributed by atoms with Crippen molar-refractivity contribution in [3.05, 3.63) is 53.5 Å². The highest BCUT2D eigenvalue weighted by molar-refractivity contribution is 7.91. The molecule has 1 aromatic carbocycles. The second-order valence-electron chi connectivity index (χ2n) is 7.29. The molecule has 0 spiro atoms. The lowest BCUT2D eigenvalue weighted by Crippen LogP contribution is -2.23. The van der Waals surface area contributed by atoms with Crippen molar-refractivity contribution in [3.8, 4) is 17.6 Å². The summed E-state index contributed by atoms with van der Waals surface area (Å²) in [6, 6.07) is 9.84. The Hall–Kier alpha value is -3.58. The molecule has 2 heterocycles. The van der Waals surface area contributed by atoms with Gasteiger partial charge in [0.05, 0.1) is 31.4 Å². The average Bonchev–Trinajstić information content (AvgIpc) is 3.40. The van der Waals surface area contributed by atoms with Crippen LogP contribution in [0.25, 0.3) is 6.08 Å². The number of nitriles is 1. The Morgan fingerprint density at radius 1 is 1.31 bits per heavy atom. The van der Waals surface area contributed by atoms with Crippen molar-refractivity contribution in [2.75, 3.05) is 18.6 Å². The van der Waals surface area contributed by atoms with Crippen LogP contribution in [0.2, 0.25) is 0 Å². The number of furan rings is 1. The summed E-state index contributed by atoms with van der Waals surface area (Å²) >= 11 is 0. The van der Waals surface area contributed by atoms with Crippen molar-refractivity contribution >= 4 is 27.8 Å². The summed E-state index contributed by atoms with van der Waals surface area (Å²) in [4.78, 5) is 24.5. The molecule has 1 aliphatic heterocycles. The summed E-state index contributed by atoms with van der Waals surface area (Å²) in [6.45, 7) is 0.144. The van der Waals surface area contributed by atoms with E-state index in [1.54, 1.807) is 18.2 Å².